The topological polar surface area (TPSA) is 32.3 Å². The van der Waals surface area contributed by atoms with E-state index in [2.05, 4.69) is 90.8 Å². The third-order valence-corrected chi connectivity index (χ3v) is 9.55. The predicted molar refractivity (Wildman–Crippen MR) is 151 cm³/mol. The van der Waals surface area contributed by atoms with Crippen LogP contribution in [-0.2, 0) is 24.7 Å². The van der Waals surface area contributed by atoms with Crippen LogP contribution >= 0.6 is 0 Å². The van der Waals surface area contributed by atoms with Crippen molar-refractivity contribution in [2.24, 2.45) is 11.8 Å². The molecular weight excluding hydrogens is 452 g/mol. The largest absolute Gasteiger partial charge is 0.352 e. The first-order valence-corrected chi connectivity index (χ1v) is 14.3. The van der Waals surface area contributed by atoms with Crippen LogP contribution in [0.2, 0.25) is 0 Å². The lowest BCUT2D eigenvalue weighted by atomic mass is 9.59. The molecular formula is C34H40N2O. The maximum atomic E-state index is 13.1. The van der Waals surface area contributed by atoms with Crippen molar-refractivity contribution < 1.29 is 4.79 Å². The fourth-order valence-corrected chi connectivity index (χ4v) is 6.79. The van der Waals surface area contributed by atoms with E-state index in [1.165, 1.54) is 60.2 Å². The van der Waals surface area contributed by atoms with Crippen molar-refractivity contribution in [2.75, 3.05) is 19.6 Å². The van der Waals surface area contributed by atoms with E-state index < -0.39 is 0 Å². The quantitative estimate of drug-likeness (QED) is 0.407. The van der Waals surface area contributed by atoms with Gasteiger partial charge in [-0.25, -0.2) is 0 Å². The van der Waals surface area contributed by atoms with Crippen molar-refractivity contribution in [3.05, 3.63) is 106 Å². The van der Waals surface area contributed by atoms with Gasteiger partial charge < -0.3 is 5.32 Å². The van der Waals surface area contributed by atoms with E-state index in [0.29, 0.717) is 18.5 Å². The number of piperidine rings is 1. The van der Waals surface area contributed by atoms with E-state index in [1.807, 2.05) is 6.07 Å². The fraction of sp³-hybridized carbons (Fsp3) is 0.441. The van der Waals surface area contributed by atoms with Crippen LogP contribution in [0.25, 0.3) is 0 Å². The zero-order chi connectivity index (χ0) is 25.4. The molecule has 1 aliphatic heterocycles. The monoisotopic (exact) mass is 492 g/mol. The Hall–Kier alpha value is -2.91. The minimum Gasteiger partial charge on any atom is -0.352 e. The van der Waals surface area contributed by atoms with Gasteiger partial charge in [-0.3, -0.25) is 9.69 Å². The lowest BCUT2D eigenvalue weighted by molar-refractivity contribution is 0.0284. The van der Waals surface area contributed by atoms with Crippen LogP contribution in [0, 0.1) is 11.8 Å². The molecule has 1 amide bonds. The highest BCUT2D eigenvalue weighted by Gasteiger charge is 2.49. The molecule has 3 nitrogen and oxygen atoms in total. The van der Waals surface area contributed by atoms with Crippen LogP contribution in [0.3, 0.4) is 0 Å². The summed E-state index contributed by atoms with van der Waals surface area (Å²) < 4.78 is 0. The van der Waals surface area contributed by atoms with Gasteiger partial charge in [-0.05, 0) is 102 Å². The van der Waals surface area contributed by atoms with Gasteiger partial charge in [0.05, 0.1) is 0 Å². The minimum atomic E-state index is 0.0491. The normalized spacial score (nSPS) is 24.9. The van der Waals surface area contributed by atoms with Crippen molar-refractivity contribution in [1.29, 1.82) is 0 Å². The molecule has 1 N–H and O–H groups in total. The number of benzene rings is 3. The van der Waals surface area contributed by atoms with Gasteiger partial charge >= 0.3 is 0 Å². The summed E-state index contributed by atoms with van der Waals surface area (Å²) in [6.07, 6.45) is 6.95. The van der Waals surface area contributed by atoms with Crippen LogP contribution in [0.5, 0.6) is 0 Å². The summed E-state index contributed by atoms with van der Waals surface area (Å²) in [5.74, 6) is 1.61. The molecule has 3 atom stereocenters. The summed E-state index contributed by atoms with van der Waals surface area (Å²) >= 11 is 0. The summed E-state index contributed by atoms with van der Waals surface area (Å²) in [4.78, 5) is 15.9. The van der Waals surface area contributed by atoms with E-state index in [0.717, 1.165) is 30.7 Å². The van der Waals surface area contributed by atoms with E-state index in [1.54, 1.807) is 0 Å². The Bertz CT molecular complexity index is 1250. The third-order valence-electron chi connectivity index (χ3n) is 9.55. The van der Waals surface area contributed by atoms with Gasteiger partial charge in [-0.15, -0.1) is 0 Å². The van der Waals surface area contributed by atoms with E-state index in [-0.39, 0.29) is 11.3 Å². The Morgan fingerprint density at radius 2 is 1.70 bits per heavy atom. The van der Waals surface area contributed by atoms with Crippen molar-refractivity contribution >= 4 is 5.91 Å². The Morgan fingerprint density at radius 3 is 2.46 bits per heavy atom. The molecule has 2 bridgehead atoms. The Labute approximate surface area is 222 Å². The molecule has 1 heterocycles. The second-order valence-electron chi connectivity index (χ2n) is 12.0. The van der Waals surface area contributed by atoms with Gasteiger partial charge in [0.25, 0.3) is 5.91 Å². The predicted octanol–water partition coefficient (Wildman–Crippen LogP) is 6.18. The zero-order valence-corrected chi connectivity index (χ0v) is 22.4. The average Bonchev–Trinajstić information content (AvgIpc) is 3.73. The fourth-order valence-electron chi connectivity index (χ4n) is 6.79. The summed E-state index contributed by atoms with van der Waals surface area (Å²) in [5.41, 5.74) is 7.75. The maximum absolute atomic E-state index is 13.1. The lowest BCUT2D eigenvalue weighted by Gasteiger charge is -2.55. The van der Waals surface area contributed by atoms with Crippen LogP contribution < -0.4 is 5.32 Å². The molecule has 6 rings (SSSR count). The zero-order valence-electron chi connectivity index (χ0n) is 22.4. The van der Waals surface area contributed by atoms with Crippen molar-refractivity contribution in [3.8, 4) is 0 Å². The second-order valence-corrected chi connectivity index (χ2v) is 12.0. The number of hydrogen-bond donors (Lipinski definition) is 1. The molecule has 1 unspecified atom stereocenters. The first kappa shape index (κ1) is 24.4. The summed E-state index contributed by atoms with van der Waals surface area (Å²) in [5, 5.41) is 3.18. The van der Waals surface area contributed by atoms with Gasteiger partial charge in [-0.1, -0.05) is 74.5 Å². The number of nitrogens with zero attached hydrogens (tertiary/aromatic N) is 1. The number of fused-ring (bicyclic) bond motifs is 4. The number of hydrogen-bond acceptors (Lipinski definition) is 2. The van der Waals surface area contributed by atoms with Gasteiger partial charge in [0.2, 0.25) is 0 Å². The molecule has 1 saturated heterocycles. The van der Waals surface area contributed by atoms with E-state index in [4.69, 9.17) is 0 Å². The van der Waals surface area contributed by atoms with Crippen molar-refractivity contribution in [3.63, 3.8) is 0 Å². The first-order chi connectivity index (χ1) is 18.0. The highest BCUT2D eigenvalue weighted by Crippen LogP contribution is 2.49. The van der Waals surface area contributed by atoms with Crippen molar-refractivity contribution in [1.82, 2.24) is 10.2 Å². The summed E-state index contributed by atoms with van der Waals surface area (Å²) in [6.45, 7) is 8.03. The third kappa shape index (κ3) is 5.11. The number of carbonyl (C=O) groups excluding carboxylic acids is 1. The van der Waals surface area contributed by atoms with E-state index >= 15 is 0 Å². The standard InChI is InChI=1S/C34H40N2O/c1-24-32-22-29-14-15-30(21-31(29)34(24,2)17-19-36(32)23-28-12-13-28)33(37)35-18-16-25-8-10-27(11-9-25)20-26-6-4-3-5-7-26/h3-11,14-15,21,24,28,32H,12-13,16-20,22-23H2,1-2H3,(H,35,37)/t24?,32-,34-/m1/s1. The summed E-state index contributed by atoms with van der Waals surface area (Å²) in [7, 11) is 0. The first-order valence-electron chi connectivity index (χ1n) is 14.3. The van der Waals surface area contributed by atoms with Crippen molar-refractivity contribution in [2.45, 2.75) is 63.8 Å². The second kappa shape index (κ2) is 10.1. The Morgan fingerprint density at radius 1 is 0.973 bits per heavy atom. The maximum Gasteiger partial charge on any atom is 0.251 e. The molecule has 2 aliphatic carbocycles. The lowest BCUT2D eigenvalue weighted by Crippen LogP contribution is -2.58. The molecule has 1 saturated carbocycles. The van der Waals surface area contributed by atoms with E-state index in [9.17, 15) is 4.79 Å². The average molecular weight is 493 g/mol. The van der Waals surface area contributed by atoms with Crippen LogP contribution in [-0.4, -0.2) is 36.5 Å². The number of carbonyl (C=O) groups is 1. The molecule has 3 aliphatic rings. The Kier molecular flexibility index (Phi) is 6.67. The molecule has 3 aromatic carbocycles. The molecule has 3 heteroatoms. The van der Waals surface area contributed by atoms with Crippen LogP contribution in [0.1, 0.15) is 71.3 Å². The minimum absolute atomic E-state index is 0.0491. The highest BCUT2D eigenvalue weighted by molar-refractivity contribution is 5.94. The number of rotatable bonds is 8. The number of nitrogens with one attached hydrogen (secondary N) is 1. The highest BCUT2D eigenvalue weighted by atomic mass is 16.1. The van der Waals surface area contributed by atoms with Gasteiger partial charge in [-0.2, -0.15) is 0 Å². The smallest absolute Gasteiger partial charge is 0.251 e. The van der Waals surface area contributed by atoms with Gasteiger partial charge in [0.1, 0.15) is 0 Å². The molecule has 0 radical (unpaired) electrons. The molecule has 3 aromatic rings. The number of amides is 1. The molecule has 37 heavy (non-hydrogen) atoms. The molecule has 2 fully saturated rings. The molecule has 0 aromatic heterocycles. The number of likely N-dealkylation sites (tertiary alicyclic amines) is 1. The van der Waals surface area contributed by atoms with Gasteiger partial charge in [0, 0.05) is 24.7 Å². The summed E-state index contributed by atoms with van der Waals surface area (Å²) in [6, 6.07) is 26.5. The molecule has 192 valence electrons. The Balaban J connectivity index is 1.07. The van der Waals surface area contributed by atoms with Gasteiger partial charge in [0.15, 0.2) is 0 Å². The van der Waals surface area contributed by atoms with Crippen LogP contribution in [0.4, 0.5) is 0 Å². The SMILES string of the molecule is CC1[C@H]2Cc3ccc(C(=O)NCCc4ccc(Cc5ccccc5)cc4)cc3[C@]1(C)CCN2CC1CC1. The van der Waals surface area contributed by atoms with Crippen LogP contribution in [0.15, 0.2) is 72.8 Å². The molecule has 0 spiro atoms.